The van der Waals surface area contributed by atoms with E-state index < -0.39 is 18.1 Å². The zero-order valence-electron chi connectivity index (χ0n) is 9.41. The summed E-state index contributed by atoms with van der Waals surface area (Å²) < 4.78 is 0. The molecule has 1 aromatic carbocycles. The Morgan fingerprint density at radius 3 is 2.41 bits per heavy atom. The number of nitrogens with two attached hydrogens (primary N) is 1. The highest BCUT2D eigenvalue weighted by atomic mass is 16.4. The minimum atomic E-state index is -0.984. The molecule has 2 unspecified atom stereocenters. The number of aliphatic hydroxyl groups is 2. The molecule has 0 heterocycles. The summed E-state index contributed by atoms with van der Waals surface area (Å²) in [7, 11) is 0. The fraction of sp³-hybridized carbons (Fsp3) is 0.417. The molecule has 0 saturated heterocycles. The van der Waals surface area contributed by atoms with Gasteiger partial charge in [-0.15, -0.1) is 0 Å². The Morgan fingerprint density at radius 2 is 1.88 bits per heavy atom. The summed E-state index contributed by atoms with van der Waals surface area (Å²) in [5, 5.41) is 27.1. The predicted molar refractivity (Wildman–Crippen MR) is 62.3 cm³/mol. The minimum Gasteiger partial charge on any atom is -0.481 e. The van der Waals surface area contributed by atoms with Gasteiger partial charge in [-0.3, -0.25) is 4.79 Å². The standard InChI is InChI=1S/C12H17NO4/c13-10(5-6-12(16)17)8-3-1-2-4-9(8)11(15)7-14/h1-4,10-11,14-15H,5-7,13H2,(H,16,17). The number of hydrogen-bond donors (Lipinski definition) is 4. The van der Waals surface area contributed by atoms with Gasteiger partial charge in [-0.25, -0.2) is 0 Å². The van der Waals surface area contributed by atoms with Gasteiger partial charge in [-0.2, -0.15) is 0 Å². The Balaban J connectivity index is 2.84. The summed E-state index contributed by atoms with van der Waals surface area (Å²) in [5.41, 5.74) is 7.11. The second-order valence-electron chi connectivity index (χ2n) is 3.87. The van der Waals surface area contributed by atoms with Crippen LogP contribution < -0.4 is 5.73 Å². The van der Waals surface area contributed by atoms with Crippen molar-refractivity contribution in [3.63, 3.8) is 0 Å². The summed E-state index contributed by atoms with van der Waals surface area (Å²) in [6.45, 7) is -0.386. The molecule has 0 fully saturated rings. The summed E-state index contributed by atoms with van der Waals surface area (Å²) in [4.78, 5) is 10.5. The van der Waals surface area contributed by atoms with Crippen LogP contribution in [0, 0.1) is 0 Å². The fourth-order valence-electron chi connectivity index (χ4n) is 1.68. The van der Waals surface area contributed by atoms with Crippen LogP contribution in [0.15, 0.2) is 24.3 Å². The molecular weight excluding hydrogens is 222 g/mol. The smallest absolute Gasteiger partial charge is 0.303 e. The van der Waals surface area contributed by atoms with Gasteiger partial charge in [0.15, 0.2) is 0 Å². The van der Waals surface area contributed by atoms with Gasteiger partial charge in [-0.05, 0) is 17.5 Å². The zero-order valence-corrected chi connectivity index (χ0v) is 9.41. The quantitative estimate of drug-likeness (QED) is 0.581. The van der Waals surface area contributed by atoms with Crippen molar-refractivity contribution < 1.29 is 20.1 Å². The summed E-state index contributed by atoms with van der Waals surface area (Å²) in [5.74, 6) is -0.902. The molecule has 0 aliphatic heterocycles. The highest BCUT2D eigenvalue weighted by Gasteiger charge is 2.16. The van der Waals surface area contributed by atoms with Gasteiger partial charge in [0, 0.05) is 12.5 Å². The first-order valence-corrected chi connectivity index (χ1v) is 5.41. The summed E-state index contributed by atoms with van der Waals surface area (Å²) >= 11 is 0. The minimum absolute atomic E-state index is 0.0231. The number of rotatable bonds is 6. The maximum Gasteiger partial charge on any atom is 0.303 e. The second-order valence-corrected chi connectivity index (χ2v) is 3.87. The van der Waals surface area contributed by atoms with Crippen molar-refractivity contribution >= 4 is 5.97 Å². The second kappa shape index (κ2) is 6.34. The molecule has 2 atom stereocenters. The largest absolute Gasteiger partial charge is 0.481 e. The highest BCUT2D eigenvalue weighted by Crippen LogP contribution is 2.24. The maximum absolute atomic E-state index is 10.5. The van der Waals surface area contributed by atoms with Crippen LogP contribution in [0.25, 0.3) is 0 Å². The Hall–Kier alpha value is -1.43. The van der Waals surface area contributed by atoms with E-state index in [1.54, 1.807) is 24.3 Å². The van der Waals surface area contributed by atoms with E-state index in [4.69, 9.17) is 15.9 Å². The van der Waals surface area contributed by atoms with Crippen LogP contribution in [0.3, 0.4) is 0 Å². The molecule has 5 heteroatoms. The SMILES string of the molecule is NC(CCC(=O)O)c1ccccc1C(O)CO. The molecule has 0 aliphatic rings. The van der Waals surface area contributed by atoms with E-state index in [1.807, 2.05) is 0 Å². The van der Waals surface area contributed by atoms with E-state index in [-0.39, 0.29) is 13.0 Å². The van der Waals surface area contributed by atoms with Crippen molar-refractivity contribution in [1.29, 1.82) is 0 Å². The van der Waals surface area contributed by atoms with E-state index in [0.29, 0.717) is 17.5 Å². The maximum atomic E-state index is 10.5. The van der Waals surface area contributed by atoms with Gasteiger partial charge < -0.3 is 21.1 Å². The molecular formula is C12H17NO4. The van der Waals surface area contributed by atoms with Crippen molar-refractivity contribution in [3.05, 3.63) is 35.4 Å². The van der Waals surface area contributed by atoms with Gasteiger partial charge in [0.2, 0.25) is 0 Å². The molecule has 0 aromatic heterocycles. The van der Waals surface area contributed by atoms with Crippen LogP contribution in [0.1, 0.15) is 36.1 Å². The average molecular weight is 239 g/mol. The van der Waals surface area contributed by atoms with E-state index in [2.05, 4.69) is 0 Å². The van der Waals surface area contributed by atoms with Gasteiger partial charge in [0.1, 0.15) is 6.10 Å². The van der Waals surface area contributed by atoms with Crippen LogP contribution >= 0.6 is 0 Å². The van der Waals surface area contributed by atoms with Gasteiger partial charge in [-0.1, -0.05) is 24.3 Å². The molecule has 0 bridgehead atoms. The Morgan fingerprint density at radius 1 is 1.29 bits per heavy atom. The third kappa shape index (κ3) is 3.81. The topological polar surface area (TPSA) is 104 Å². The van der Waals surface area contributed by atoms with Crippen LogP contribution in [-0.2, 0) is 4.79 Å². The van der Waals surface area contributed by atoms with E-state index in [0.717, 1.165) is 0 Å². The normalized spacial score (nSPS) is 14.3. The number of carboxylic acid groups (broad SMARTS) is 1. The van der Waals surface area contributed by atoms with Crippen molar-refractivity contribution in [2.24, 2.45) is 5.73 Å². The van der Waals surface area contributed by atoms with Crippen molar-refractivity contribution in [2.45, 2.75) is 25.0 Å². The Kier molecular flexibility index (Phi) is 5.09. The zero-order chi connectivity index (χ0) is 12.8. The van der Waals surface area contributed by atoms with Crippen molar-refractivity contribution in [2.75, 3.05) is 6.61 Å². The lowest BCUT2D eigenvalue weighted by molar-refractivity contribution is -0.137. The first-order chi connectivity index (χ1) is 8.06. The number of aliphatic hydroxyl groups excluding tert-OH is 2. The van der Waals surface area contributed by atoms with Crippen LogP contribution in [0.4, 0.5) is 0 Å². The van der Waals surface area contributed by atoms with Crippen LogP contribution in [0.2, 0.25) is 0 Å². The number of aliphatic carboxylic acids is 1. The molecule has 0 radical (unpaired) electrons. The lowest BCUT2D eigenvalue weighted by atomic mass is 9.94. The van der Waals surface area contributed by atoms with E-state index in [1.165, 1.54) is 0 Å². The van der Waals surface area contributed by atoms with Gasteiger partial charge >= 0.3 is 5.97 Å². The number of carbonyl (C=O) groups is 1. The van der Waals surface area contributed by atoms with Gasteiger partial charge in [0.05, 0.1) is 6.61 Å². The molecule has 17 heavy (non-hydrogen) atoms. The number of benzene rings is 1. The van der Waals surface area contributed by atoms with E-state index >= 15 is 0 Å². The lowest BCUT2D eigenvalue weighted by Gasteiger charge is -2.18. The van der Waals surface area contributed by atoms with Gasteiger partial charge in [0.25, 0.3) is 0 Å². The lowest BCUT2D eigenvalue weighted by Crippen LogP contribution is -2.16. The third-order valence-corrected chi connectivity index (χ3v) is 2.60. The molecule has 1 rings (SSSR count). The highest BCUT2D eigenvalue weighted by molar-refractivity contribution is 5.66. The molecule has 0 amide bonds. The van der Waals surface area contributed by atoms with Crippen molar-refractivity contribution in [1.82, 2.24) is 0 Å². The predicted octanol–water partition coefficient (Wildman–Crippen LogP) is 0.577. The average Bonchev–Trinajstić information content (AvgIpc) is 2.34. The number of hydrogen-bond acceptors (Lipinski definition) is 4. The van der Waals surface area contributed by atoms with E-state index in [9.17, 15) is 9.90 Å². The molecule has 5 N–H and O–H groups in total. The first kappa shape index (κ1) is 13.6. The van der Waals surface area contributed by atoms with Crippen LogP contribution in [0.5, 0.6) is 0 Å². The molecule has 0 saturated carbocycles. The molecule has 0 aliphatic carbocycles. The molecule has 5 nitrogen and oxygen atoms in total. The number of carboxylic acids is 1. The Labute approximate surface area is 99.5 Å². The van der Waals surface area contributed by atoms with Crippen LogP contribution in [-0.4, -0.2) is 27.9 Å². The Bertz CT molecular complexity index is 381. The fourth-order valence-corrected chi connectivity index (χ4v) is 1.68. The molecule has 94 valence electrons. The monoisotopic (exact) mass is 239 g/mol. The third-order valence-electron chi connectivity index (χ3n) is 2.60. The molecule has 0 spiro atoms. The summed E-state index contributed by atoms with van der Waals surface area (Å²) in [6, 6.07) is 6.46. The summed E-state index contributed by atoms with van der Waals surface area (Å²) in [6.07, 6.45) is -0.711. The van der Waals surface area contributed by atoms with Crippen molar-refractivity contribution in [3.8, 4) is 0 Å². The molecule has 1 aromatic rings. The first-order valence-electron chi connectivity index (χ1n) is 5.41.